The second-order valence-corrected chi connectivity index (χ2v) is 11.6. The second-order valence-electron chi connectivity index (χ2n) is 9.31. The summed E-state index contributed by atoms with van der Waals surface area (Å²) in [7, 11) is -4.12. The Balaban J connectivity index is 2.01. The van der Waals surface area contributed by atoms with Gasteiger partial charge in [0.05, 0.1) is 10.6 Å². The summed E-state index contributed by atoms with van der Waals surface area (Å²) in [6.45, 7) is 7.10. The fourth-order valence-electron chi connectivity index (χ4n) is 3.82. The first-order chi connectivity index (χ1) is 18.0. The van der Waals surface area contributed by atoms with Gasteiger partial charge in [0.25, 0.3) is 10.0 Å². The van der Waals surface area contributed by atoms with Crippen molar-refractivity contribution in [2.45, 2.75) is 57.6 Å². The first-order valence-corrected chi connectivity index (χ1v) is 14.3. The summed E-state index contributed by atoms with van der Waals surface area (Å²) in [5.41, 5.74) is 2.14. The van der Waals surface area contributed by atoms with Crippen LogP contribution in [-0.4, -0.2) is 43.8 Å². The number of benzene rings is 3. The third kappa shape index (κ3) is 7.36. The highest BCUT2D eigenvalue weighted by atomic mass is 35.5. The van der Waals surface area contributed by atoms with Gasteiger partial charge in [-0.05, 0) is 63.1 Å². The van der Waals surface area contributed by atoms with Gasteiger partial charge in [0.1, 0.15) is 12.6 Å². The van der Waals surface area contributed by atoms with Crippen LogP contribution in [-0.2, 0) is 26.2 Å². The van der Waals surface area contributed by atoms with Crippen LogP contribution < -0.4 is 9.62 Å². The van der Waals surface area contributed by atoms with Gasteiger partial charge in [0.15, 0.2) is 0 Å². The molecule has 0 spiro atoms. The Morgan fingerprint density at radius 1 is 0.947 bits per heavy atom. The van der Waals surface area contributed by atoms with Crippen molar-refractivity contribution in [1.29, 1.82) is 0 Å². The number of sulfonamides is 1. The number of amides is 2. The Morgan fingerprint density at radius 3 is 2.21 bits per heavy atom. The average Bonchev–Trinajstić information content (AvgIpc) is 2.91. The zero-order valence-electron chi connectivity index (χ0n) is 22.1. The highest BCUT2D eigenvalue weighted by Crippen LogP contribution is 2.26. The topological polar surface area (TPSA) is 86.8 Å². The molecule has 0 unspecified atom stereocenters. The highest BCUT2D eigenvalue weighted by molar-refractivity contribution is 7.92. The Morgan fingerprint density at radius 2 is 1.61 bits per heavy atom. The van der Waals surface area contributed by atoms with Crippen molar-refractivity contribution in [3.63, 3.8) is 0 Å². The van der Waals surface area contributed by atoms with Crippen LogP contribution in [0.15, 0.2) is 83.8 Å². The summed E-state index contributed by atoms with van der Waals surface area (Å²) in [4.78, 5) is 28.4. The molecule has 0 aromatic heterocycles. The summed E-state index contributed by atoms with van der Waals surface area (Å²) in [5, 5.41) is 3.26. The molecule has 3 aromatic rings. The van der Waals surface area contributed by atoms with Gasteiger partial charge in [-0.1, -0.05) is 72.6 Å². The maximum absolute atomic E-state index is 13.9. The van der Waals surface area contributed by atoms with Gasteiger partial charge in [-0.2, -0.15) is 0 Å². The van der Waals surface area contributed by atoms with E-state index in [2.05, 4.69) is 5.32 Å². The van der Waals surface area contributed by atoms with Crippen molar-refractivity contribution in [3.05, 3.63) is 95.0 Å². The molecule has 9 heteroatoms. The molecule has 0 aliphatic rings. The fourth-order valence-corrected chi connectivity index (χ4v) is 5.43. The van der Waals surface area contributed by atoms with Crippen molar-refractivity contribution in [1.82, 2.24) is 10.2 Å². The number of nitrogens with one attached hydrogen (secondary N) is 1. The Hall–Kier alpha value is -3.36. The van der Waals surface area contributed by atoms with Crippen molar-refractivity contribution in [3.8, 4) is 0 Å². The van der Waals surface area contributed by atoms with Gasteiger partial charge in [0, 0.05) is 17.6 Å². The molecule has 1 N–H and O–H groups in total. The molecule has 38 heavy (non-hydrogen) atoms. The number of hydrogen-bond acceptors (Lipinski definition) is 4. The molecule has 0 fully saturated rings. The van der Waals surface area contributed by atoms with Gasteiger partial charge in [-0.3, -0.25) is 13.9 Å². The van der Waals surface area contributed by atoms with E-state index in [-0.39, 0.29) is 29.1 Å². The van der Waals surface area contributed by atoms with E-state index in [9.17, 15) is 18.0 Å². The Labute approximate surface area is 230 Å². The molecule has 0 heterocycles. The molecular weight excluding hydrogens is 522 g/mol. The maximum Gasteiger partial charge on any atom is 0.264 e. The number of anilines is 1. The molecule has 0 bridgehead atoms. The van der Waals surface area contributed by atoms with Crippen LogP contribution in [0, 0.1) is 6.92 Å². The lowest BCUT2D eigenvalue weighted by Gasteiger charge is -2.32. The number of hydrogen-bond donors (Lipinski definition) is 1. The lowest BCUT2D eigenvalue weighted by atomic mass is 10.1. The fraction of sp³-hybridized carbons (Fsp3) is 0.310. The normalized spacial score (nSPS) is 12.9. The van der Waals surface area contributed by atoms with E-state index in [1.54, 1.807) is 43.3 Å². The van der Waals surface area contributed by atoms with E-state index in [0.717, 1.165) is 21.9 Å². The van der Waals surface area contributed by atoms with E-state index in [1.165, 1.54) is 23.1 Å². The van der Waals surface area contributed by atoms with Crippen LogP contribution in [0.1, 0.15) is 38.3 Å². The lowest BCUT2D eigenvalue weighted by molar-refractivity contribution is -0.139. The van der Waals surface area contributed by atoms with E-state index in [0.29, 0.717) is 5.02 Å². The minimum absolute atomic E-state index is 0.0421. The molecule has 7 nitrogen and oxygen atoms in total. The summed E-state index contributed by atoms with van der Waals surface area (Å²) >= 11 is 6.19. The van der Waals surface area contributed by atoms with Gasteiger partial charge in [-0.15, -0.1) is 0 Å². The van der Waals surface area contributed by atoms with E-state index in [1.807, 2.05) is 45.0 Å². The van der Waals surface area contributed by atoms with Crippen LogP contribution in [0.4, 0.5) is 5.69 Å². The monoisotopic (exact) mass is 555 g/mol. The number of rotatable bonds is 11. The van der Waals surface area contributed by atoms with Crippen LogP contribution in [0.5, 0.6) is 0 Å². The zero-order chi connectivity index (χ0) is 27.9. The maximum atomic E-state index is 13.9. The lowest BCUT2D eigenvalue weighted by Crippen LogP contribution is -2.52. The number of aryl methyl sites for hydroxylation is 1. The molecule has 202 valence electrons. The van der Waals surface area contributed by atoms with Crippen LogP contribution in [0.3, 0.4) is 0 Å². The van der Waals surface area contributed by atoms with Crippen LogP contribution in [0.25, 0.3) is 0 Å². The molecule has 2 amide bonds. The first-order valence-electron chi connectivity index (χ1n) is 12.5. The number of nitrogens with zero attached hydrogens (tertiary/aromatic N) is 2. The third-order valence-electron chi connectivity index (χ3n) is 6.35. The molecule has 0 aliphatic carbocycles. The van der Waals surface area contributed by atoms with Crippen molar-refractivity contribution in [2.75, 3.05) is 10.8 Å². The number of halogens is 1. The van der Waals surface area contributed by atoms with Crippen molar-refractivity contribution < 1.29 is 18.0 Å². The molecule has 3 rings (SSSR count). The summed E-state index contributed by atoms with van der Waals surface area (Å²) < 4.78 is 28.5. The largest absolute Gasteiger partial charge is 0.352 e. The molecule has 0 saturated heterocycles. The van der Waals surface area contributed by atoms with E-state index < -0.39 is 28.5 Å². The van der Waals surface area contributed by atoms with Crippen molar-refractivity contribution >= 4 is 39.1 Å². The number of carbonyl (C=O) groups excluding carboxylic acids is 2. The SMILES string of the molecule is CC[C@H](C)NC(=O)[C@H](C)N(Cc1ccc(C)cc1)C(=O)CN(c1cccc(Cl)c1)S(=O)(=O)c1ccccc1. The second kappa shape index (κ2) is 12.9. The zero-order valence-corrected chi connectivity index (χ0v) is 23.7. The van der Waals surface area contributed by atoms with Gasteiger partial charge in [-0.25, -0.2) is 8.42 Å². The standard InChI is InChI=1S/C29H34ClN3O4S/c1-5-22(3)31-29(35)23(4)32(19-24-16-14-21(2)15-17-24)28(34)20-33(26-11-9-10-25(30)18-26)38(36,37)27-12-7-6-8-13-27/h6-18,22-23H,5,19-20H2,1-4H3,(H,31,35)/t22-,23-/m0/s1. The van der Waals surface area contributed by atoms with Crippen LogP contribution >= 0.6 is 11.6 Å². The number of carbonyl (C=O) groups is 2. The minimum atomic E-state index is -4.12. The van der Waals surface area contributed by atoms with Gasteiger partial charge < -0.3 is 10.2 Å². The molecule has 3 aromatic carbocycles. The summed E-state index contributed by atoms with van der Waals surface area (Å²) in [6, 6.07) is 21.0. The quantitative estimate of drug-likeness (QED) is 0.353. The Bertz CT molecular complexity index is 1350. The molecule has 0 saturated carbocycles. The molecule has 2 atom stereocenters. The molecular formula is C29H34ClN3O4S. The molecule has 0 aliphatic heterocycles. The minimum Gasteiger partial charge on any atom is -0.352 e. The van der Waals surface area contributed by atoms with Gasteiger partial charge in [0.2, 0.25) is 11.8 Å². The van der Waals surface area contributed by atoms with Gasteiger partial charge >= 0.3 is 0 Å². The highest BCUT2D eigenvalue weighted by Gasteiger charge is 2.32. The first kappa shape index (κ1) is 29.2. The summed E-state index contributed by atoms with van der Waals surface area (Å²) in [6.07, 6.45) is 0.738. The summed E-state index contributed by atoms with van der Waals surface area (Å²) in [5.74, 6) is -0.822. The Kier molecular flexibility index (Phi) is 9.94. The van der Waals surface area contributed by atoms with E-state index in [4.69, 9.17) is 11.6 Å². The average molecular weight is 556 g/mol. The van der Waals surface area contributed by atoms with Crippen molar-refractivity contribution in [2.24, 2.45) is 0 Å². The smallest absolute Gasteiger partial charge is 0.264 e. The van der Waals surface area contributed by atoms with E-state index >= 15 is 0 Å². The predicted molar refractivity (Wildman–Crippen MR) is 152 cm³/mol. The van der Waals surface area contributed by atoms with Crippen LogP contribution in [0.2, 0.25) is 5.02 Å². The third-order valence-corrected chi connectivity index (χ3v) is 8.37. The molecule has 0 radical (unpaired) electrons. The predicted octanol–water partition coefficient (Wildman–Crippen LogP) is 5.18.